The zero-order valence-corrected chi connectivity index (χ0v) is 20.4. The summed E-state index contributed by atoms with van der Waals surface area (Å²) < 4.78 is 8.28. The number of fused-ring (bicyclic) bond motifs is 2. The summed E-state index contributed by atoms with van der Waals surface area (Å²) in [7, 11) is 0. The lowest BCUT2D eigenvalue weighted by Crippen LogP contribution is -2.12. The van der Waals surface area contributed by atoms with Gasteiger partial charge in [-0.2, -0.15) is 0 Å². The Kier molecular flexibility index (Phi) is 5.80. The quantitative estimate of drug-likeness (QED) is 0.314. The minimum Gasteiger partial charge on any atom is -0.478 e. The molecular formula is C28H26N4O4. The molecule has 0 bridgehead atoms. The molecule has 0 fully saturated rings. The Balaban J connectivity index is 1.64. The number of nitrogens with zero attached hydrogens (tertiary/aromatic N) is 3. The molecule has 0 aliphatic heterocycles. The highest BCUT2D eigenvalue weighted by Gasteiger charge is 2.19. The van der Waals surface area contributed by atoms with Crippen molar-refractivity contribution in [2.75, 3.05) is 5.32 Å². The Bertz CT molecular complexity index is 1680. The van der Waals surface area contributed by atoms with Crippen molar-refractivity contribution < 1.29 is 14.3 Å². The molecule has 1 unspecified atom stereocenters. The zero-order chi connectivity index (χ0) is 25.6. The lowest BCUT2D eigenvalue weighted by Gasteiger charge is -2.19. The van der Waals surface area contributed by atoms with Gasteiger partial charge in [-0.1, -0.05) is 32.0 Å². The van der Waals surface area contributed by atoms with Crippen molar-refractivity contribution in [1.82, 2.24) is 14.6 Å². The number of carboxylic acid groups (broad SMARTS) is 1. The fraction of sp³-hybridized carbons (Fsp3) is 0.214. The molecule has 0 radical (unpaired) electrons. The van der Waals surface area contributed by atoms with Crippen molar-refractivity contribution in [3.8, 4) is 11.3 Å². The number of pyridine rings is 1. The van der Waals surface area contributed by atoms with E-state index < -0.39 is 5.97 Å². The second-order valence-corrected chi connectivity index (χ2v) is 9.28. The molecule has 2 N–H and O–H groups in total. The first-order chi connectivity index (χ1) is 17.2. The maximum Gasteiger partial charge on any atom is 0.337 e. The number of benzene rings is 2. The fourth-order valence-corrected chi connectivity index (χ4v) is 4.45. The molecule has 1 atom stereocenters. The van der Waals surface area contributed by atoms with Gasteiger partial charge in [-0.05, 0) is 49.7 Å². The van der Waals surface area contributed by atoms with E-state index in [1.54, 1.807) is 24.3 Å². The SMILES string of the molecule is Cc1cc(C(C)Nc2ccccc2C(=O)O)c2oc(-c3ccc4nnc(C(C)C)n4c3)cc(=O)c2c1. The average molecular weight is 483 g/mol. The van der Waals surface area contributed by atoms with Crippen LogP contribution in [0.15, 0.2) is 70.0 Å². The summed E-state index contributed by atoms with van der Waals surface area (Å²) in [5.41, 5.74) is 4.09. The number of aryl methyl sites for hydroxylation is 1. The van der Waals surface area contributed by atoms with Gasteiger partial charge in [-0.25, -0.2) is 4.79 Å². The van der Waals surface area contributed by atoms with Crippen molar-refractivity contribution >= 4 is 28.3 Å². The molecule has 0 aliphatic carbocycles. The molecule has 3 aromatic heterocycles. The van der Waals surface area contributed by atoms with Crippen LogP contribution in [0.2, 0.25) is 0 Å². The van der Waals surface area contributed by atoms with E-state index in [0.717, 1.165) is 28.2 Å². The van der Waals surface area contributed by atoms with Gasteiger partial charge in [0.05, 0.1) is 17.0 Å². The number of carbonyl (C=O) groups is 1. The van der Waals surface area contributed by atoms with Crippen LogP contribution >= 0.6 is 0 Å². The summed E-state index contributed by atoms with van der Waals surface area (Å²) in [5, 5.41) is 21.8. The Morgan fingerprint density at radius 1 is 1.06 bits per heavy atom. The summed E-state index contributed by atoms with van der Waals surface area (Å²) in [6.45, 7) is 7.93. The van der Waals surface area contributed by atoms with E-state index in [-0.39, 0.29) is 23.0 Å². The number of nitrogens with one attached hydrogen (secondary N) is 1. The molecular weight excluding hydrogens is 456 g/mol. The van der Waals surface area contributed by atoms with Crippen LogP contribution < -0.4 is 10.7 Å². The molecule has 0 amide bonds. The monoisotopic (exact) mass is 482 g/mol. The number of aromatic nitrogens is 3. The number of hydrogen-bond acceptors (Lipinski definition) is 6. The van der Waals surface area contributed by atoms with Crippen LogP contribution in [0, 0.1) is 6.92 Å². The maximum atomic E-state index is 13.2. The van der Waals surface area contributed by atoms with Crippen LogP contribution in [0.5, 0.6) is 0 Å². The van der Waals surface area contributed by atoms with Gasteiger partial charge in [0.1, 0.15) is 17.2 Å². The Labute approximate surface area is 207 Å². The zero-order valence-electron chi connectivity index (χ0n) is 20.4. The molecule has 36 heavy (non-hydrogen) atoms. The largest absolute Gasteiger partial charge is 0.478 e. The lowest BCUT2D eigenvalue weighted by molar-refractivity contribution is 0.0698. The maximum absolute atomic E-state index is 13.2. The Morgan fingerprint density at radius 3 is 2.58 bits per heavy atom. The molecule has 3 heterocycles. The van der Waals surface area contributed by atoms with E-state index in [1.807, 2.05) is 62.6 Å². The number of carboxylic acids is 1. The Morgan fingerprint density at radius 2 is 1.83 bits per heavy atom. The average Bonchev–Trinajstić information content (AvgIpc) is 3.28. The van der Waals surface area contributed by atoms with Crippen molar-refractivity contribution in [2.45, 2.75) is 39.7 Å². The normalized spacial score (nSPS) is 12.4. The van der Waals surface area contributed by atoms with Crippen LogP contribution in [0.25, 0.3) is 27.9 Å². The highest BCUT2D eigenvalue weighted by Crippen LogP contribution is 2.31. The highest BCUT2D eigenvalue weighted by molar-refractivity contribution is 5.94. The van der Waals surface area contributed by atoms with E-state index >= 15 is 0 Å². The number of rotatable bonds is 6. The number of hydrogen-bond donors (Lipinski definition) is 2. The highest BCUT2D eigenvalue weighted by atomic mass is 16.4. The van der Waals surface area contributed by atoms with Gasteiger partial charge in [0.2, 0.25) is 0 Å². The minimum absolute atomic E-state index is 0.151. The predicted octanol–water partition coefficient (Wildman–Crippen LogP) is 5.81. The second kappa shape index (κ2) is 8.96. The van der Waals surface area contributed by atoms with E-state index in [2.05, 4.69) is 15.5 Å². The molecule has 8 nitrogen and oxygen atoms in total. The standard InChI is InChI=1S/C28H26N4O4/c1-15(2)27-31-30-25-10-9-18(14-32(25)27)24-13-23(33)21-12-16(3)11-20(26(21)36-24)17(4)29-22-8-6-5-7-19(22)28(34)35/h5-15,17,29H,1-4H3,(H,34,35). The van der Waals surface area contributed by atoms with Crippen molar-refractivity contribution in [3.63, 3.8) is 0 Å². The van der Waals surface area contributed by atoms with E-state index in [4.69, 9.17) is 4.42 Å². The lowest BCUT2D eigenvalue weighted by atomic mass is 10.00. The topological polar surface area (TPSA) is 110 Å². The number of anilines is 1. The minimum atomic E-state index is -1.02. The third-order valence-electron chi connectivity index (χ3n) is 6.23. The van der Waals surface area contributed by atoms with Crippen molar-refractivity contribution in [3.05, 3.63) is 93.5 Å². The van der Waals surface area contributed by atoms with Gasteiger partial charge < -0.3 is 14.8 Å². The second-order valence-electron chi connectivity index (χ2n) is 9.28. The van der Waals surface area contributed by atoms with Crippen LogP contribution in [0.1, 0.15) is 60.0 Å². The van der Waals surface area contributed by atoms with Crippen LogP contribution in [-0.2, 0) is 0 Å². The Hall–Kier alpha value is -4.46. The van der Waals surface area contributed by atoms with Gasteiger partial charge in [-0.15, -0.1) is 10.2 Å². The van der Waals surface area contributed by atoms with E-state index in [1.165, 1.54) is 6.07 Å². The molecule has 5 aromatic rings. The van der Waals surface area contributed by atoms with E-state index in [0.29, 0.717) is 22.4 Å². The van der Waals surface area contributed by atoms with Gasteiger partial charge in [-0.3, -0.25) is 9.20 Å². The molecule has 0 saturated heterocycles. The summed E-state index contributed by atoms with van der Waals surface area (Å²) >= 11 is 0. The molecule has 2 aromatic carbocycles. The van der Waals surface area contributed by atoms with Gasteiger partial charge in [0.15, 0.2) is 11.1 Å². The fourth-order valence-electron chi connectivity index (χ4n) is 4.45. The summed E-state index contributed by atoms with van der Waals surface area (Å²) in [6, 6.07) is 15.4. The van der Waals surface area contributed by atoms with Crippen LogP contribution in [0.3, 0.4) is 0 Å². The number of aromatic carboxylic acids is 1. The van der Waals surface area contributed by atoms with E-state index in [9.17, 15) is 14.7 Å². The molecule has 8 heteroatoms. The summed E-state index contributed by atoms with van der Waals surface area (Å²) in [6.07, 6.45) is 1.88. The summed E-state index contributed by atoms with van der Waals surface area (Å²) in [5.74, 6) is 0.412. The molecule has 0 spiro atoms. The third-order valence-corrected chi connectivity index (χ3v) is 6.23. The van der Waals surface area contributed by atoms with Gasteiger partial charge >= 0.3 is 5.97 Å². The van der Waals surface area contributed by atoms with Crippen molar-refractivity contribution in [2.24, 2.45) is 0 Å². The molecule has 0 aliphatic rings. The molecule has 0 saturated carbocycles. The van der Waals surface area contributed by atoms with Crippen LogP contribution in [0.4, 0.5) is 5.69 Å². The number of para-hydroxylation sites is 1. The van der Waals surface area contributed by atoms with Gasteiger partial charge in [0.25, 0.3) is 0 Å². The predicted molar refractivity (Wildman–Crippen MR) is 139 cm³/mol. The van der Waals surface area contributed by atoms with Gasteiger partial charge in [0, 0.05) is 35.0 Å². The smallest absolute Gasteiger partial charge is 0.337 e. The molecule has 5 rings (SSSR count). The van der Waals surface area contributed by atoms with Crippen molar-refractivity contribution in [1.29, 1.82) is 0 Å². The third kappa shape index (κ3) is 4.11. The van der Waals surface area contributed by atoms with Crippen LogP contribution in [-0.4, -0.2) is 25.7 Å². The first kappa shape index (κ1) is 23.3. The summed E-state index contributed by atoms with van der Waals surface area (Å²) in [4.78, 5) is 24.9. The first-order valence-electron chi connectivity index (χ1n) is 11.7. The first-order valence-corrected chi connectivity index (χ1v) is 11.7. The molecule has 182 valence electrons.